The molecule has 0 saturated carbocycles. The van der Waals surface area contributed by atoms with Gasteiger partial charge in [-0.25, -0.2) is 4.68 Å². The molecule has 1 saturated heterocycles. The zero-order chi connectivity index (χ0) is 18.8. The first-order chi connectivity index (χ1) is 13.1. The summed E-state index contributed by atoms with van der Waals surface area (Å²) < 4.78 is 1.78. The van der Waals surface area contributed by atoms with Crippen LogP contribution in [-0.4, -0.2) is 38.7 Å². The van der Waals surface area contributed by atoms with Crippen molar-refractivity contribution in [2.45, 2.75) is 20.3 Å². The molecule has 2 aromatic heterocycles. The maximum Gasteiger partial charge on any atom is 0.257 e. The fourth-order valence-electron chi connectivity index (χ4n) is 3.96. The van der Waals surface area contributed by atoms with Crippen LogP contribution in [-0.2, 0) is 0 Å². The van der Waals surface area contributed by atoms with E-state index in [0.29, 0.717) is 23.1 Å². The minimum Gasteiger partial charge on any atom is -0.338 e. The summed E-state index contributed by atoms with van der Waals surface area (Å²) in [6, 6.07) is 13.7. The third-order valence-corrected chi connectivity index (χ3v) is 5.06. The van der Waals surface area contributed by atoms with Crippen molar-refractivity contribution in [1.29, 1.82) is 0 Å². The van der Waals surface area contributed by atoms with Gasteiger partial charge < -0.3 is 4.90 Å². The highest BCUT2D eigenvalue weighted by molar-refractivity contribution is 6.00. The van der Waals surface area contributed by atoms with Gasteiger partial charge >= 0.3 is 0 Å². The van der Waals surface area contributed by atoms with Crippen molar-refractivity contribution in [1.82, 2.24) is 19.7 Å². The number of carbonyl (C=O) groups excluding carboxylic acids is 1. The van der Waals surface area contributed by atoms with Crippen molar-refractivity contribution in [2.24, 2.45) is 11.8 Å². The third kappa shape index (κ3) is 3.63. The van der Waals surface area contributed by atoms with Crippen LogP contribution >= 0.6 is 0 Å². The van der Waals surface area contributed by atoms with Crippen molar-refractivity contribution in [3.05, 3.63) is 66.6 Å². The van der Waals surface area contributed by atoms with E-state index in [1.807, 2.05) is 53.6 Å². The minimum atomic E-state index is 0.0504. The fraction of sp³-hybridized carbons (Fsp3) is 0.318. The van der Waals surface area contributed by atoms with Crippen molar-refractivity contribution in [2.75, 3.05) is 13.1 Å². The van der Waals surface area contributed by atoms with E-state index in [4.69, 9.17) is 5.10 Å². The van der Waals surface area contributed by atoms with Crippen molar-refractivity contribution in [3.8, 4) is 16.9 Å². The van der Waals surface area contributed by atoms with E-state index < -0.39 is 0 Å². The summed E-state index contributed by atoms with van der Waals surface area (Å²) >= 11 is 0. The van der Waals surface area contributed by atoms with Crippen LogP contribution in [0.3, 0.4) is 0 Å². The summed E-state index contributed by atoms with van der Waals surface area (Å²) in [6.45, 7) is 6.02. The van der Waals surface area contributed by atoms with Gasteiger partial charge in [0.05, 0.1) is 11.3 Å². The number of carbonyl (C=O) groups is 1. The number of nitrogens with zero attached hydrogens (tertiary/aromatic N) is 4. The molecule has 1 aliphatic heterocycles. The molecule has 4 rings (SSSR count). The lowest BCUT2D eigenvalue weighted by Crippen LogP contribution is -2.42. The monoisotopic (exact) mass is 360 g/mol. The van der Waals surface area contributed by atoms with Crippen LogP contribution in [0.1, 0.15) is 30.6 Å². The number of hydrogen-bond donors (Lipinski definition) is 0. The molecule has 0 aliphatic carbocycles. The quantitative estimate of drug-likeness (QED) is 0.708. The molecule has 0 radical (unpaired) electrons. The van der Waals surface area contributed by atoms with E-state index in [2.05, 4.69) is 18.8 Å². The van der Waals surface area contributed by atoms with Gasteiger partial charge in [-0.3, -0.25) is 9.78 Å². The Kier molecular flexibility index (Phi) is 4.75. The SMILES string of the molecule is C[C@@H]1C[C@H](C)CN(C(=O)c2cn(-c3ccccc3)nc2-c2cccnc2)C1. The first kappa shape index (κ1) is 17.5. The number of piperidine rings is 1. The number of amides is 1. The molecule has 1 aliphatic rings. The summed E-state index contributed by atoms with van der Waals surface area (Å²) in [4.78, 5) is 19.6. The smallest absolute Gasteiger partial charge is 0.257 e. The number of aromatic nitrogens is 3. The number of rotatable bonds is 3. The number of hydrogen-bond acceptors (Lipinski definition) is 3. The summed E-state index contributed by atoms with van der Waals surface area (Å²) in [7, 11) is 0. The van der Waals surface area contributed by atoms with E-state index in [9.17, 15) is 4.79 Å². The zero-order valence-electron chi connectivity index (χ0n) is 15.7. The van der Waals surface area contributed by atoms with Gasteiger partial charge in [0.25, 0.3) is 5.91 Å². The van der Waals surface area contributed by atoms with E-state index in [0.717, 1.165) is 24.3 Å². The third-order valence-electron chi connectivity index (χ3n) is 5.06. The van der Waals surface area contributed by atoms with Crippen LogP contribution in [0.25, 0.3) is 16.9 Å². The molecule has 27 heavy (non-hydrogen) atoms. The highest BCUT2D eigenvalue weighted by Crippen LogP contribution is 2.27. The largest absolute Gasteiger partial charge is 0.338 e. The molecular formula is C22H24N4O. The lowest BCUT2D eigenvalue weighted by atomic mass is 9.91. The van der Waals surface area contributed by atoms with E-state index >= 15 is 0 Å². The topological polar surface area (TPSA) is 51.0 Å². The molecule has 3 aromatic rings. The standard InChI is InChI=1S/C22H24N4O/c1-16-11-17(2)14-25(13-16)22(27)20-15-26(19-8-4-3-5-9-19)24-21(20)18-7-6-10-23-12-18/h3-10,12,15-17H,11,13-14H2,1-2H3/t16-,17+. The highest BCUT2D eigenvalue weighted by Gasteiger charge is 2.29. The van der Waals surface area contributed by atoms with E-state index in [1.165, 1.54) is 6.42 Å². The second-order valence-electron chi connectivity index (χ2n) is 7.57. The summed E-state index contributed by atoms with van der Waals surface area (Å²) in [5.74, 6) is 1.09. The lowest BCUT2D eigenvalue weighted by molar-refractivity contribution is 0.0624. The number of likely N-dealkylation sites (tertiary alicyclic amines) is 1. The first-order valence-electron chi connectivity index (χ1n) is 9.46. The van der Waals surface area contributed by atoms with Gasteiger partial charge in [-0.15, -0.1) is 0 Å². The normalized spacial score (nSPS) is 19.9. The van der Waals surface area contributed by atoms with Gasteiger partial charge in [0.15, 0.2) is 0 Å². The maximum absolute atomic E-state index is 13.4. The molecule has 5 heteroatoms. The van der Waals surface area contributed by atoms with Gasteiger partial charge in [0.1, 0.15) is 5.69 Å². The van der Waals surface area contributed by atoms with Gasteiger partial charge in [0, 0.05) is 37.2 Å². The Morgan fingerprint density at radius 3 is 2.44 bits per heavy atom. The number of para-hydroxylation sites is 1. The molecule has 0 bridgehead atoms. The second-order valence-corrected chi connectivity index (χ2v) is 7.57. The first-order valence-corrected chi connectivity index (χ1v) is 9.46. The Labute approximate surface area is 159 Å². The summed E-state index contributed by atoms with van der Waals surface area (Å²) in [6.07, 6.45) is 6.51. The Bertz CT molecular complexity index is 910. The Balaban J connectivity index is 1.76. The maximum atomic E-state index is 13.4. The van der Waals surface area contributed by atoms with Crippen LogP contribution in [0.4, 0.5) is 0 Å². The Morgan fingerprint density at radius 2 is 1.78 bits per heavy atom. The highest BCUT2D eigenvalue weighted by atomic mass is 16.2. The summed E-state index contributed by atoms with van der Waals surface area (Å²) in [5, 5.41) is 4.73. The van der Waals surface area contributed by atoms with Gasteiger partial charge in [-0.1, -0.05) is 32.0 Å². The van der Waals surface area contributed by atoms with Gasteiger partial charge in [-0.2, -0.15) is 5.10 Å². The molecule has 3 heterocycles. The second kappa shape index (κ2) is 7.35. The van der Waals surface area contributed by atoms with Gasteiger partial charge in [0.2, 0.25) is 0 Å². The van der Waals surface area contributed by atoms with Gasteiger partial charge in [-0.05, 0) is 42.5 Å². The Hall–Kier alpha value is -2.95. The lowest BCUT2D eigenvalue weighted by Gasteiger charge is -2.35. The minimum absolute atomic E-state index is 0.0504. The molecule has 0 unspecified atom stereocenters. The van der Waals surface area contributed by atoms with Crippen LogP contribution in [0, 0.1) is 11.8 Å². The average Bonchev–Trinajstić information content (AvgIpc) is 3.13. The molecule has 1 amide bonds. The molecule has 5 nitrogen and oxygen atoms in total. The van der Waals surface area contributed by atoms with E-state index in [-0.39, 0.29) is 5.91 Å². The predicted molar refractivity (Wildman–Crippen MR) is 106 cm³/mol. The number of benzene rings is 1. The fourth-order valence-corrected chi connectivity index (χ4v) is 3.96. The molecule has 138 valence electrons. The van der Waals surface area contributed by atoms with Crippen molar-refractivity contribution in [3.63, 3.8) is 0 Å². The zero-order valence-corrected chi connectivity index (χ0v) is 15.7. The molecule has 1 aromatic carbocycles. The predicted octanol–water partition coefficient (Wildman–Crippen LogP) is 4.05. The van der Waals surface area contributed by atoms with Crippen LogP contribution < -0.4 is 0 Å². The van der Waals surface area contributed by atoms with E-state index in [1.54, 1.807) is 17.1 Å². The average molecular weight is 360 g/mol. The van der Waals surface area contributed by atoms with Crippen LogP contribution in [0.15, 0.2) is 61.1 Å². The van der Waals surface area contributed by atoms with Crippen molar-refractivity contribution >= 4 is 5.91 Å². The Morgan fingerprint density at radius 1 is 1.04 bits per heavy atom. The molecule has 0 spiro atoms. The summed E-state index contributed by atoms with van der Waals surface area (Å²) in [5.41, 5.74) is 3.10. The molecular weight excluding hydrogens is 336 g/mol. The van der Waals surface area contributed by atoms with Crippen LogP contribution in [0.5, 0.6) is 0 Å². The molecule has 0 N–H and O–H groups in total. The molecule has 1 fully saturated rings. The van der Waals surface area contributed by atoms with Crippen LogP contribution in [0.2, 0.25) is 0 Å². The number of pyridine rings is 1. The van der Waals surface area contributed by atoms with Crippen molar-refractivity contribution < 1.29 is 4.79 Å². The molecule has 2 atom stereocenters.